The summed E-state index contributed by atoms with van der Waals surface area (Å²) in [6, 6.07) is 22.7. The number of nitrogens with zero attached hydrogens (tertiary/aromatic N) is 2. The lowest BCUT2D eigenvalue weighted by molar-refractivity contribution is -0.120. The van der Waals surface area contributed by atoms with Crippen molar-refractivity contribution in [3.63, 3.8) is 0 Å². The van der Waals surface area contributed by atoms with E-state index in [9.17, 15) is 4.79 Å². The number of amides is 1. The minimum atomic E-state index is 0.0490. The lowest BCUT2D eigenvalue weighted by Gasteiger charge is -2.35. The van der Waals surface area contributed by atoms with Crippen LogP contribution < -0.4 is 5.32 Å². The van der Waals surface area contributed by atoms with Crippen molar-refractivity contribution in [2.24, 2.45) is 0 Å². The van der Waals surface area contributed by atoms with Crippen LogP contribution in [0.3, 0.4) is 0 Å². The fourth-order valence-electron chi connectivity index (χ4n) is 3.77. The minimum Gasteiger partial charge on any atom is -0.379 e. The maximum absolute atomic E-state index is 12.6. The maximum atomic E-state index is 12.6. The molecule has 0 bridgehead atoms. The van der Waals surface area contributed by atoms with E-state index in [4.69, 9.17) is 4.74 Å². The van der Waals surface area contributed by atoms with E-state index in [0.717, 1.165) is 37.6 Å². The molecule has 1 aliphatic rings. The van der Waals surface area contributed by atoms with Crippen LogP contribution in [0.1, 0.15) is 17.2 Å². The van der Waals surface area contributed by atoms with Crippen molar-refractivity contribution < 1.29 is 9.53 Å². The first-order valence-electron chi connectivity index (χ1n) is 10.2. The van der Waals surface area contributed by atoms with Crippen molar-refractivity contribution >= 4 is 5.91 Å². The SMILES string of the molecule is O=C(Cc1ccc(-n2cccc2)cc1)NCC(c1ccccc1)N1CCOCC1. The lowest BCUT2D eigenvalue weighted by atomic mass is 10.0. The minimum absolute atomic E-state index is 0.0490. The summed E-state index contributed by atoms with van der Waals surface area (Å²) in [6.07, 6.45) is 4.41. The zero-order valence-electron chi connectivity index (χ0n) is 16.5. The van der Waals surface area contributed by atoms with Crippen LogP contribution in [0.2, 0.25) is 0 Å². The third-order valence-electron chi connectivity index (χ3n) is 5.37. The zero-order valence-corrected chi connectivity index (χ0v) is 16.5. The molecular weight excluding hydrogens is 362 g/mol. The van der Waals surface area contributed by atoms with Gasteiger partial charge in [0.2, 0.25) is 5.91 Å². The van der Waals surface area contributed by atoms with Crippen LogP contribution in [0.25, 0.3) is 5.69 Å². The number of hydrogen-bond acceptors (Lipinski definition) is 3. The number of morpholine rings is 1. The zero-order chi connectivity index (χ0) is 19.9. The van der Waals surface area contributed by atoms with E-state index in [2.05, 4.69) is 39.0 Å². The molecule has 1 aliphatic heterocycles. The normalized spacial score (nSPS) is 15.7. The molecule has 29 heavy (non-hydrogen) atoms. The summed E-state index contributed by atoms with van der Waals surface area (Å²) in [5, 5.41) is 3.14. The summed E-state index contributed by atoms with van der Waals surface area (Å²) in [7, 11) is 0. The van der Waals surface area contributed by atoms with E-state index in [-0.39, 0.29) is 11.9 Å². The first-order chi connectivity index (χ1) is 14.3. The molecule has 5 heteroatoms. The quantitative estimate of drug-likeness (QED) is 0.675. The monoisotopic (exact) mass is 389 g/mol. The third-order valence-corrected chi connectivity index (χ3v) is 5.37. The molecular formula is C24H27N3O2. The van der Waals surface area contributed by atoms with Gasteiger partial charge in [0.25, 0.3) is 0 Å². The van der Waals surface area contributed by atoms with Gasteiger partial charge in [-0.1, -0.05) is 42.5 Å². The number of benzene rings is 2. The molecule has 3 aromatic rings. The first kappa shape index (κ1) is 19.4. The van der Waals surface area contributed by atoms with Gasteiger partial charge in [-0.3, -0.25) is 9.69 Å². The molecule has 1 saturated heterocycles. The highest BCUT2D eigenvalue weighted by Gasteiger charge is 2.23. The molecule has 5 nitrogen and oxygen atoms in total. The van der Waals surface area contributed by atoms with Crippen molar-refractivity contribution in [3.8, 4) is 5.69 Å². The maximum Gasteiger partial charge on any atom is 0.224 e. The Bertz CT molecular complexity index is 886. The largest absolute Gasteiger partial charge is 0.379 e. The summed E-state index contributed by atoms with van der Waals surface area (Å²) in [6.45, 7) is 3.85. The number of ether oxygens (including phenoxy) is 1. The standard InChI is InChI=1S/C24H27N3O2/c28-24(18-20-8-10-22(11-9-20)26-12-4-5-13-26)25-19-23(21-6-2-1-3-7-21)27-14-16-29-17-15-27/h1-13,23H,14-19H2,(H,25,28). The fourth-order valence-corrected chi connectivity index (χ4v) is 3.77. The van der Waals surface area contributed by atoms with Crippen LogP contribution in [-0.2, 0) is 16.0 Å². The Balaban J connectivity index is 1.36. The Labute approximate surface area is 171 Å². The van der Waals surface area contributed by atoms with Gasteiger partial charge in [0.05, 0.1) is 25.7 Å². The van der Waals surface area contributed by atoms with Crippen LogP contribution in [0, 0.1) is 0 Å². The molecule has 1 N–H and O–H groups in total. The first-order valence-corrected chi connectivity index (χ1v) is 10.2. The Morgan fingerprint density at radius 3 is 2.31 bits per heavy atom. The Morgan fingerprint density at radius 1 is 0.931 bits per heavy atom. The predicted octanol–water partition coefficient (Wildman–Crippen LogP) is 3.21. The Kier molecular flexibility index (Phi) is 6.39. The smallest absolute Gasteiger partial charge is 0.224 e. The fraction of sp³-hybridized carbons (Fsp3) is 0.292. The number of nitrogens with one attached hydrogen (secondary N) is 1. The summed E-state index contributed by atoms with van der Waals surface area (Å²) >= 11 is 0. The Hall–Kier alpha value is -2.89. The molecule has 1 unspecified atom stereocenters. The topological polar surface area (TPSA) is 46.5 Å². The van der Waals surface area contributed by atoms with E-state index < -0.39 is 0 Å². The van der Waals surface area contributed by atoms with Crippen molar-refractivity contribution in [2.45, 2.75) is 12.5 Å². The van der Waals surface area contributed by atoms with Gasteiger partial charge in [-0.25, -0.2) is 0 Å². The van der Waals surface area contributed by atoms with Crippen molar-refractivity contribution in [1.29, 1.82) is 0 Å². The number of hydrogen-bond donors (Lipinski definition) is 1. The average Bonchev–Trinajstić information content (AvgIpc) is 3.31. The predicted molar refractivity (Wildman–Crippen MR) is 114 cm³/mol. The van der Waals surface area contributed by atoms with Gasteiger partial charge in [-0.2, -0.15) is 0 Å². The molecule has 1 aromatic heterocycles. The highest BCUT2D eigenvalue weighted by molar-refractivity contribution is 5.78. The lowest BCUT2D eigenvalue weighted by Crippen LogP contribution is -2.44. The van der Waals surface area contributed by atoms with Crippen molar-refractivity contribution in [2.75, 3.05) is 32.8 Å². The summed E-state index contributed by atoms with van der Waals surface area (Å²) in [5.74, 6) is 0.0490. The molecule has 1 amide bonds. The van der Waals surface area contributed by atoms with E-state index in [1.807, 2.05) is 54.9 Å². The van der Waals surface area contributed by atoms with Crippen LogP contribution in [0.15, 0.2) is 79.1 Å². The van der Waals surface area contributed by atoms with Gasteiger partial charge in [0.15, 0.2) is 0 Å². The average molecular weight is 389 g/mol. The summed E-state index contributed by atoms with van der Waals surface area (Å²) in [4.78, 5) is 15.0. The molecule has 2 heterocycles. The molecule has 0 spiro atoms. The molecule has 150 valence electrons. The van der Waals surface area contributed by atoms with Crippen LogP contribution >= 0.6 is 0 Å². The second-order valence-electron chi connectivity index (χ2n) is 7.31. The van der Waals surface area contributed by atoms with Gasteiger partial charge in [-0.05, 0) is 35.4 Å². The molecule has 0 saturated carbocycles. The van der Waals surface area contributed by atoms with Gasteiger partial charge in [-0.15, -0.1) is 0 Å². The number of carbonyl (C=O) groups is 1. The number of aromatic nitrogens is 1. The number of rotatable bonds is 7. The van der Waals surface area contributed by atoms with Gasteiger partial charge >= 0.3 is 0 Å². The van der Waals surface area contributed by atoms with E-state index >= 15 is 0 Å². The van der Waals surface area contributed by atoms with E-state index in [1.54, 1.807) is 0 Å². The second-order valence-corrected chi connectivity index (χ2v) is 7.31. The second kappa shape index (κ2) is 9.54. The molecule has 1 fully saturated rings. The molecule has 2 aromatic carbocycles. The highest BCUT2D eigenvalue weighted by Crippen LogP contribution is 2.21. The summed E-state index contributed by atoms with van der Waals surface area (Å²) in [5.41, 5.74) is 3.34. The molecule has 4 rings (SSSR count). The van der Waals surface area contributed by atoms with Gasteiger partial charge in [0, 0.05) is 37.7 Å². The molecule has 0 aliphatic carbocycles. The van der Waals surface area contributed by atoms with Gasteiger partial charge in [0.1, 0.15) is 0 Å². The number of carbonyl (C=O) groups excluding carboxylic acids is 1. The van der Waals surface area contributed by atoms with E-state index in [1.165, 1.54) is 5.56 Å². The summed E-state index contributed by atoms with van der Waals surface area (Å²) < 4.78 is 7.55. The van der Waals surface area contributed by atoms with Crippen LogP contribution in [0.4, 0.5) is 0 Å². The molecule has 0 radical (unpaired) electrons. The van der Waals surface area contributed by atoms with E-state index in [0.29, 0.717) is 13.0 Å². The van der Waals surface area contributed by atoms with Crippen LogP contribution in [-0.4, -0.2) is 48.2 Å². The third kappa shape index (κ3) is 5.13. The van der Waals surface area contributed by atoms with Crippen molar-refractivity contribution in [3.05, 3.63) is 90.3 Å². The van der Waals surface area contributed by atoms with Gasteiger partial charge < -0.3 is 14.6 Å². The Morgan fingerprint density at radius 2 is 1.62 bits per heavy atom. The van der Waals surface area contributed by atoms with Crippen molar-refractivity contribution in [1.82, 2.24) is 14.8 Å². The highest BCUT2D eigenvalue weighted by atomic mass is 16.5. The molecule has 1 atom stereocenters. The van der Waals surface area contributed by atoms with Crippen LogP contribution in [0.5, 0.6) is 0 Å².